The van der Waals surface area contributed by atoms with Crippen LogP contribution in [-0.2, 0) is 0 Å². The zero-order valence-corrected chi connectivity index (χ0v) is 15.9. The van der Waals surface area contributed by atoms with E-state index >= 15 is 0 Å². The second-order valence-electron chi connectivity index (χ2n) is 6.02. The fourth-order valence-corrected chi connectivity index (χ4v) is 2.68. The molecular formula is C18H16N8O4. The van der Waals surface area contributed by atoms with E-state index in [4.69, 9.17) is 14.9 Å². The molecule has 3 aromatic heterocycles. The number of amides is 1. The van der Waals surface area contributed by atoms with Crippen LogP contribution in [0.2, 0.25) is 0 Å². The molecule has 3 heterocycles. The van der Waals surface area contributed by atoms with Crippen molar-refractivity contribution in [3.8, 4) is 22.8 Å². The highest BCUT2D eigenvalue weighted by molar-refractivity contribution is 6.01. The monoisotopic (exact) mass is 408 g/mol. The average molecular weight is 408 g/mol. The van der Waals surface area contributed by atoms with Gasteiger partial charge in [0.15, 0.2) is 5.69 Å². The van der Waals surface area contributed by atoms with Gasteiger partial charge in [-0.2, -0.15) is 9.78 Å². The number of nitrogens with one attached hydrogen (secondary N) is 1. The maximum absolute atomic E-state index is 12.8. The minimum Gasteiger partial charge on any atom is -0.497 e. The zero-order chi connectivity index (χ0) is 21.1. The summed E-state index contributed by atoms with van der Waals surface area (Å²) in [5.74, 6) is 0.579. The summed E-state index contributed by atoms with van der Waals surface area (Å²) in [7, 11) is 1.54. The summed E-state index contributed by atoms with van der Waals surface area (Å²) in [4.78, 5) is 12.8. The Bertz CT molecular complexity index is 1210. The van der Waals surface area contributed by atoms with Crippen LogP contribution in [0.4, 0.5) is 5.82 Å². The van der Waals surface area contributed by atoms with Crippen molar-refractivity contribution in [3.05, 3.63) is 54.1 Å². The Labute approximate surface area is 169 Å². The Morgan fingerprint density at radius 3 is 2.83 bits per heavy atom. The summed E-state index contributed by atoms with van der Waals surface area (Å²) < 4.78 is 16.4. The lowest BCUT2D eigenvalue weighted by Crippen LogP contribution is -2.20. The molecule has 0 saturated carbocycles. The number of methoxy groups -OCH3 is 1. The molecule has 0 radical (unpaired) electrons. The van der Waals surface area contributed by atoms with E-state index in [0.29, 0.717) is 28.5 Å². The number of aromatic nitrogens is 5. The molecule has 0 bridgehead atoms. The van der Waals surface area contributed by atoms with E-state index < -0.39 is 5.91 Å². The Morgan fingerprint density at radius 1 is 1.27 bits per heavy atom. The standard InChI is InChI=1S/C18H16N8O4/c1-10(13-7-4-8-29-13)20-22-18(27)14-15(11-5-3-6-12(9-11)28-2)26(25-21-14)17-16(19)23-30-24-17/h3-9H,1-2H3,(H2,19,23)(H,22,27). The lowest BCUT2D eigenvalue weighted by Gasteiger charge is -2.07. The van der Waals surface area contributed by atoms with Gasteiger partial charge in [0, 0.05) is 5.56 Å². The van der Waals surface area contributed by atoms with E-state index in [0.717, 1.165) is 0 Å². The molecule has 12 heteroatoms. The fraction of sp³-hybridized carbons (Fsp3) is 0.111. The van der Waals surface area contributed by atoms with Crippen LogP contribution in [-0.4, -0.2) is 44.0 Å². The van der Waals surface area contributed by atoms with Crippen molar-refractivity contribution in [1.82, 2.24) is 30.7 Å². The predicted octanol–water partition coefficient (Wildman–Crippen LogP) is 1.66. The normalized spacial score (nSPS) is 11.5. The molecule has 0 aliphatic rings. The van der Waals surface area contributed by atoms with E-state index in [1.165, 1.54) is 18.1 Å². The molecule has 30 heavy (non-hydrogen) atoms. The van der Waals surface area contributed by atoms with Gasteiger partial charge < -0.3 is 14.9 Å². The van der Waals surface area contributed by atoms with Crippen molar-refractivity contribution in [3.63, 3.8) is 0 Å². The first-order valence-electron chi connectivity index (χ1n) is 8.65. The predicted molar refractivity (Wildman–Crippen MR) is 104 cm³/mol. The van der Waals surface area contributed by atoms with Crippen LogP contribution in [0.5, 0.6) is 5.75 Å². The van der Waals surface area contributed by atoms with Crippen LogP contribution in [0.15, 0.2) is 56.8 Å². The number of rotatable bonds is 6. The first-order chi connectivity index (χ1) is 14.6. The molecule has 0 spiro atoms. The Balaban J connectivity index is 1.76. The van der Waals surface area contributed by atoms with Crippen LogP contribution in [0, 0.1) is 0 Å². The second kappa shape index (κ2) is 7.87. The smallest absolute Gasteiger partial charge is 0.294 e. The van der Waals surface area contributed by atoms with Gasteiger partial charge in [0.1, 0.15) is 22.9 Å². The van der Waals surface area contributed by atoms with Crippen LogP contribution >= 0.6 is 0 Å². The number of carbonyl (C=O) groups excluding carboxylic acids is 1. The number of ether oxygens (including phenoxy) is 1. The van der Waals surface area contributed by atoms with Crippen LogP contribution in [0.25, 0.3) is 17.1 Å². The van der Waals surface area contributed by atoms with Crippen LogP contribution in [0.3, 0.4) is 0 Å². The number of nitrogens with zero attached hydrogens (tertiary/aromatic N) is 6. The number of benzene rings is 1. The average Bonchev–Trinajstić information content (AvgIpc) is 3.51. The van der Waals surface area contributed by atoms with Gasteiger partial charge in [-0.25, -0.2) is 10.1 Å². The number of nitrogen functional groups attached to an aromatic ring is 1. The molecular weight excluding hydrogens is 392 g/mol. The number of hydrogen-bond donors (Lipinski definition) is 2. The Kier molecular flexibility index (Phi) is 4.95. The number of anilines is 1. The first-order valence-corrected chi connectivity index (χ1v) is 8.65. The van der Waals surface area contributed by atoms with E-state index in [2.05, 4.69) is 35.8 Å². The van der Waals surface area contributed by atoms with E-state index in [1.54, 1.807) is 43.3 Å². The minimum absolute atomic E-state index is 0.0114. The Hall–Kier alpha value is -4.48. The number of hydrogen-bond acceptors (Lipinski definition) is 10. The molecule has 0 fully saturated rings. The van der Waals surface area contributed by atoms with Gasteiger partial charge in [-0.15, -0.1) is 5.10 Å². The maximum atomic E-state index is 12.8. The maximum Gasteiger partial charge on any atom is 0.294 e. The number of hydrazone groups is 1. The summed E-state index contributed by atoms with van der Waals surface area (Å²) >= 11 is 0. The number of furan rings is 1. The molecule has 0 unspecified atom stereocenters. The molecule has 0 saturated heterocycles. The molecule has 12 nitrogen and oxygen atoms in total. The van der Waals surface area contributed by atoms with E-state index in [1.807, 2.05) is 0 Å². The van der Waals surface area contributed by atoms with Gasteiger partial charge in [0.2, 0.25) is 11.6 Å². The molecule has 1 amide bonds. The highest BCUT2D eigenvalue weighted by Crippen LogP contribution is 2.28. The van der Waals surface area contributed by atoms with Crippen molar-refractivity contribution in [2.45, 2.75) is 6.92 Å². The number of nitrogens with two attached hydrogens (primary N) is 1. The summed E-state index contributed by atoms with van der Waals surface area (Å²) in [6.07, 6.45) is 1.51. The first kappa shape index (κ1) is 18.9. The molecule has 0 aliphatic carbocycles. The van der Waals surface area contributed by atoms with Gasteiger partial charge in [0.05, 0.1) is 13.4 Å². The lowest BCUT2D eigenvalue weighted by atomic mass is 10.1. The van der Waals surface area contributed by atoms with Gasteiger partial charge in [0.25, 0.3) is 5.91 Å². The summed E-state index contributed by atoms with van der Waals surface area (Å²) in [5, 5.41) is 19.3. The molecule has 4 aromatic rings. The van der Waals surface area contributed by atoms with Crippen LogP contribution < -0.4 is 15.9 Å². The zero-order valence-electron chi connectivity index (χ0n) is 15.9. The van der Waals surface area contributed by atoms with Gasteiger partial charge in [-0.1, -0.05) is 17.3 Å². The second-order valence-corrected chi connectivity index (χ2v) is 6.02. The van der Waals surface area contributed by atoms with Crippen molar-refractivity contribution >= 4 is 17.4 Å². The molecule has 4 rings (SSSR count). The van der Waals surface area contributed by atoms with E-state index in [9.17, 15) is 4.79 Å². The van der Waals surface area contributed by atoms with Crippen LogP contribution in [0.1, 0.15) is 23.2 Å². The highest BCUT2D eigenvalue weighted by atomic mass is 16.6. The van der Waals surface area contributed by atoms with Gasteiger partial charge in [-0.05, 0) is 41.5 Å². The van der Waals surface area contributed by atoms with Gasteiger partial charge in [-0.3, -0.25) is 4.79 Å². The topological polar surface area (TPSA) is 159 Å². The van der Waals surface area contributed by atoms with Gasteiger partial charge >= 0.3 is 0 Å². The molecule has 3 N–H and O–H groups in total. The minimum atomic E-state index is -0.597. The Morgan fingerprint density at radius 2 is 2.13 bits per heavy atom. The summed E-state index contributed by atoms with van der Waals surface area (Å²) in [6, 6.07) is 10.4. The quantitative estimate of drug-likeness (QED) is 0.357. The number of carbonyl (C=O) groups is 1. The third-order valence-electron chi connectivity index (χ3n) is 4.13. The lowest BCUT2D eigenvalue weighted by molar-refractivity contribution is 0.0950. The molecule has 0 atom stereocenters. The summed E-state index contributed by atoms with van der Waals surface area (Å²) in [6.45, 7) is 1.70. The third-order valence-corrected chi connectivity index (χ3v) is 4.13. The third kappa shape index (κ3) is 3.48. The van der Waals surface area contributed by atoms with E-state index in [-0.39, 0.29) is 17.3 Å². The molecule has 0 aliphatic heterocycles. The SMILES string of the molecule is COc1cccc(-c2c(C(=O)NN=C(C)c3ccco3)nnn2-c2nonc2N)c1. The fourth-order valence-electron chi connectivity index (χ4n) is 2.68. The highest BCUT2D eigenvalue weighted by Gasteiger charge is 2.25. The van der Waals surface area contributed by atoms with Crippen molar-refractivity contribution in [2.24, 2.45) is 5.10 Å². The molecule has 1 aromatic carbocycles. The molecule has 152 valence electrons. The van der Waals surface area contributed by atoms with Crippen molar-refractivity contribution < 1.29 is 18.6 Å². The summed E-state index contributed by atoms with van der Waals surface area (Å²) in [5.41, 5.74) is 9.61. The van der Waals surface area contributed by atoms with Crippen molar-refractivity contribution in [2.75, 3.05) is 12.8 Å². The largest absolute Gasteiger partial charge is 0.497 e. The van der Waals surface area contributed by atoms with Crippen molar-refractivity contribution in [1.29, 1.82) is 0 Å².